The van der Waals surface area contributed by atoms with E-state index in [0.717, 1.165) is 51.5 Å². The van der Waals surface area contributed by atoms with Gasteiger partial charge in [-0.25, -0.2) is 0 Å². The average Bonchev–Trinajstić information content (AvgIpc) is 2.87. The molecule has 4 atom stereocenters. The van der Waals surface area contributed by atoms with Crippen LogP contribution < -0.4 is 5.32 Å². The number of nitrogens with one attached hydrogen (secondary N) is 1. The molecule has 0 aromatic carbocycles. The molecule has 0 radical (unpaired) electrons. The maximum absolute atomic E-state index is 13.6. The van der Waals surface area contributed by atoms with Gasteiger partial charge in [0.15, 0.2) is 0 Å². The fraction of sp³-hybridized carbons (Fsp3) is 0.913. The lowest BCUT2D eigenvalue weighted by atomic mass is 9.65. The van der Waals surface area contributed by atoms with Crippen LogP contribution in [0.25, 0.3) is 0 Å². The molecule has 0 aromatic rings. The monoisotopic (exact) mass is 376 g/mol. The highest BCUT2D eigenvalue weighted by Gasteiger charge is 2.52. The highest BCUT2D eigenvalue weighted by Crippen LogP contribution is 2.52. The third-order valence-electron chi connectivity index (χ3n) is 7.45. The molecule has 1 aliphatic heterocycles. The van der Waals surface area contributed by atoms with Crippen LogP contribution in [0.4, 0.5) is 0 Å². The van der Waals surface area contributed by atoms with Crippen molar-refractivity contribution in [2.24, 2.45) is 22.7 Å². The van der Waals surface area contributed by atoms with Crippen LogP contribution in [0.2, 0.25) is 0 Å². The summed E-state index contributed by atoms with van der Waals surface area (Å²) in [4.78, 5) is 28.6. The van der Waals surface area contributed by atoms with Crippen LogP contribution in [0, 0.1) is 22.7 Å². The third kappa shape index (κ3) is 4.51. The first-order valence-electron chi connectivity index (χ1n) is 11.2. The molecule has 4 unspecified atom stereocenters. The van der Waals surface area contributed by atoms with Crippen molar-refractivity contribution >= 4 is 11.8 Å². The molecule has 154 valence electrons. The second kappa shape index (κ2) is 7.75. The van der Waals surface area contributed by atoms with Gasteiger partial charge < -0.3 is 10.2 Å². The Morgan fingerprint density at radius 3 is 2.41 bits per heavy atom. The van der Waals surface area contributed by atoms with Gasteiger partial charge in [-0.3, -0.25) is 9.59 Å². The number of likely N-dealkylation sites (tertiary alicyclic amines) is 1. The summed E-state index contributed by atoms with van der Waals surface area (Å²) in [7, 11) is 0. The van der Waals surface area contributed by atoms with E-state index in [1.54, 1.807) is 0 Å². The van der Waals surface area contributed by atoms with Gasteiger partial charge in [0, 0.05) is 18.5 Å². The molecule has 1 saturated heterocycles. The lowest BCUT2D eigenvalue weighted by molar-refractivity contribution is -0.140. The van der Waals surface area contributed by atoms with E-state index in [0.29, 0.717) is 11.5 Å². The highest BCUT2D eigenvalue weighted by molar-refractivity contribution is 5.89. The van der Waals surface area contributed by atoms with Gasteiger partial charge in [-0.2, -0.15) is 0 Å². The van der Waals surface area contributed by atoms with Crippen molar-refractivity contribution in [3.8, 4) is 0 Å². The zero-order valence-electron chi connectivity index (χ0n) is 18.1. The molecule has 4 nitrogen and oxygen atoms in total. The Hall–Kier alpha value is -1.06. The molecule has 3 fully saturated rings. The summed E-state index contributed by atoms with van der Waals surface area (Å²) in [5.74, 6) is 0.556. The van der Waals surface area contributed by atoms with Crippen LogP contribution in [0.3, 0.4) is 0 Å². The Bertz CT molecular complexity index is 567. The summed E-state index contributed by atoms with van der Waals surface area (Å²) in [5.41, 5.74) is 0.527. The Morgan fingerprint density at radius 2 is 1.78 bits per heavy atom. The first-order chi connectivity index (χ1) is 12.6. The third-order valence-corrected chi connectivity index (χ3v) is 7.45. The molecule has 2 amide bonds. The molecular weight excluding hydrogens is 336 g/mol. The van der Waals surface area contributed by atoms with Crippen molar-refractivity contribution in [1.29, 1.82) is 0 Å². The summed E-state index contributed by atoms with van der Waals surface area (Å²) in [5, 5.41) is 3.20. The molecule has 0 spiro atoms. The number of carbonyl (C=O) groups excluding carboxylic acids is 2. The van der Waals surface area contributed by atoms with Crippen LogP contribution in [0.5, 0.6) is 0 Å². The molecule has 1 N–H and O–H groups in total. The van der Waals surface area contributed by atoms with E-state index in [1.807, 2.05) is 0 Å². The summed E-state index contributed by atoms with van der Waals surface area (Å²) < 4.78 is 0. The van der Waals surface area contributed by atoms with Crippen molar-refractivity contribution in [2.75, 3.05) is 6.54 Å². The predicted octanol–water partition coefficient (Wildman–Crippen LogP) is 4.52. The lowest BCUT2D eigenvalue weighted by Crippen LogP contribution is -2.54. The van der Waals surface area contributed by atoms with Crippen LogP contribution in [-0.4, -0.2) is 35.3 Å². The number of nitrogens with zero attached hydrogens (tertiary/aromatic N) is 1. The van der Waals surface area contributed by atoms with Crippen molar-refractivity contribution in [2.45, 2.75) is 104 Å². The molecule has 27 heavy (non-hydrogen) atoms. The van der Waals surface area contributed by atoms with E-state index in [4.69, 9.17) is 0 Å². The van der Waals surface area contributed by atoms with Gasteiger partial charge in [0.25, 0.3) is 0 Å². The van der Waals surface area contributed by atoms with E-state index in [-0.39, 0.29) is 35.1 Å². The largest absolute Gasteiger partial charge is 0.344 e. The number of fused-ring (bicyclic) bond motifs is 2. The van der Waals surface area contributed by atoms with E-state index in [1.165, 1.54) is 12.8 Å². The summed E-state index contributed by atoms with van der Waals surface area (Å²) >= 11 is 0. The second-order valence-electron chi connectivity index (χ2n) is 10.9. The van der Waals surface area contributed by atoms with Gasteiger partial charge >= 0.3 is 0 Å². The Labute approximate surface area is 165 Å². The van der Waals surface area contributed by atoms with E-state index in [9.17, 15) is 9.59 Å². The van der Waals surface area contributed by atoms with Crippen LogP contribution in [0.1, 0.15) is 92.4 Å². The SMILES string of the molecule is CCC(C)C(NC(=O)C1CCCCC1)C(=O)N1CC2(C)CC1CC(C)(C)C2. The Morgan fingerprint density at radius 1 is 1.11 bits per heavy atom. The highest BCUT2D eigenvalue weighted by atomic mass is 16.2. The molecule has 1 heterocycles. The number of rotatable bonds is 5. The molecule has 4 heteroatoms. The van der Waals surface area contributed by atoms with Crippen molar-refractivity contribution in [1.82, 2.24) is 10.2 Å². The van der Waals surface area contributed by atoms with Crippen molar-refractivity contribution in [3.05, 3.63) is 0 Å². The van der Waals surface area contributed by atoms with E-state index < -0.39 is 0 Å². The van der Waals surface area contributed by atoms with Gasteiger partial charge in [0.05, 0.1) is 0 Å². The van der Waals surface area contributed by atoms with E-state index in [2.05, 4.69) is 44.8 Å². The Kier molecular flexibility index (Phi) is 5.93. The summed E-state index contributed by atoms with van der Waals surface area (Å²) in [6.45, 7) is 12.1. The minimum absolute atomic E-state index is 0.104. The van der Waals surface area contributed by atoms with Crippen LogP contribution in [0.15, 0.2) is 0 Å². The van der Waals surface area contributed by atoms with Gasteiger partial charge in [0.2, 0.25) is 11.8 Å². The normalized spacial score (nSPS) is 32.8. The average molecular weight is 377 g/mol. The van der Waals surface area contributed by atoms with Gasteiger partial charge in [-0.15, -0.1) is 0 Å². The molecule has 2 saturated carbocycles. The van der Waals surface area contributed by atoms with Gasteiger partial charge in [0.1, 0.15) is 6.04 Å². The van der Waals surface area contributed by atoms with Crippen LogP contribution in [-0.2, 0) is 9.59 Å². The number of carbonyl (C=O) groups is 2. The van der Waals surface area contributed by atoms with E-state index >= 15 is 0 Å². The quantitative estimate of drug-likeness (QED) is 0.766. The van der Waals surface area contributed by atoms with Gasteiger partial charge in [-0.1, -0.05) is 60.3 Å². The molecule has 3 aliphatic rings. The molecule has 0 aromatic heterocycles. The molecule has 2 bridgehead atoms. The standard InChI is InChI=1S/C23H40N2O2/c1-6-16(2)19(24-20(26)17-10-8-7-9-11-17)21(27)25-15-23(5)13-18(25)12-22(3,4)14-23/h16-19H,6-15H2,1-5H3,(H,24,26). The first kappa shape index (κ1) is 20.7. The maximum Gasteiger partial charge on any atom is 0.245 e. The predicted molar refractivity (Wildman–Crippen MR) is 109 cm³/mol. The summed E-state index contributed by atoms with van der Waals surface area (Å²) in [6.07, 6.45) is 9.76. The number of amides is 2. The maximum atomic E-state index is 13.6. The minimum Gasteiger partial charge on any atom is -0.344 e. The zero-order chi connectivity index (χ0) is 19.8. The zero-order valence-corrected chi connectivity index (χ0v) is 18.1. The Balaban J connectivity index is 1.73. The molecule has 3 rings (SSSR count). The topological polar surface area (TPSA) is 49.4 Å². The number of hydrogen-bond donors (Lipinski definition) is 1. The number of hydrogen-bond acceptors (Lipinski definition) is 2. The van der Waals surface area contributed by atoms with Gasteiger partial charge in [-0.05, 0) is 48.9 Å². The van der Waals surface area contributed by atoms with Crippen molar-refractivity contribution in [3.63, 3.8) is 0 Å². The summed E-state index contributed by atoms with van der Waals surface area (Å²) in [6, 6.07) is -0.0279. The minimum atomic E-state index is -0.365. The van der Waals surface area contributed by atoms with Crippen LogP contribution >= 0.6 is 0 Å². The lowest BCUT2D eigenvalue weighted by Gasteiger charge is -2.39. The molecule has 2 aliphatic carbocycles. The van der Waals surface area contributed by atoms with Crippen molar-refractivity contribution < 1.29 is 9.59 Å². The second-order valence-corrected chi connectivity index (χ2v) is 10.9. The molecular formula is C23H40N2O2. The smallest absolute Gasteiger partial charge is 0.245 e. The fourth-order valence-corrected chi connectivity index (χ4v) is 6.22. The first-order valence-corrected chi connectivity index (χ1v) is 11.2. The fourth-order valence-electron chi connectivity index (χ4n) is 6.22.